The average Bonchev–Trinajstić information content (AvgIpc) is 3.22. The Morgan fingerprint density at radius 3 is 2.57 bits per heavy atom. The van der Waals surface area contributed by atoms with Crippen molar-refractivity contribution >= 4 is 40.9 Å². The number of halogens is 1. The number of carbonyl (C=O) groups excluding carboxylic acids is 3. The fraction of sp³-hybridized carbons (Fsp3) is 0.550. The SMILES string of the molecule is CC(C)(C)OC(=O)N1CCCC1C(=O)Nc1ccc(N2CCCC2=O)c(Cl)c1. The molecule has 7 nitrogen and oxygen atoms in total. The lowest BCUT2D eigenvalue weighted by Gasteiger charge is -2.28. The number of amides is 3. The molecule has 0 bridgehead atoms. The molecule has 2 aliphatic rings. The number of carbonyl (C=O) groups is 3. The van der Waals surface area contributed by atoms with E-state index in [0.29, 0.717) is 42.3 Å². The summed E-state index contributed by atoms with van der Waals surface area (Å²) >= 11 is 6.34. The lowest BCUT2D eigenvalue weighted by molar-refractivity contribution is -0.120. The summed E-state index contributed by atoms with van der Waals surface area (Å²) in [4.78, 5) is 40.1. The Morgan fingerprint density at radius 2 is 1.96 bits per heavy atom. The van der Waals surface area contributed by atoms with Gasteiger partial charge in [-0.15, -0.1) is 0 Å². The van der Waals surface area contributed by atoms with Crippen LogP contribution in [0.3, 0.4) is 0 Å². The predicted molar refractivity (Wildman–Crippen MR) is 108 cm³/mol. The molecule has 1 unspecified atom stereocenters. The van der Waals surface area contributed by atoms with Gasteiger partial charge in [0.15, 0.2) is 0 Å². The summed E-state index contributed by atoms with van der Waals surface area (Å²) in [5.74, 6) is -0.220. The zero-order chi connectivity index (χ0) is 20.5. The van der Waals surface area contributed by atoms with Crippen LogP contribution >= 0.6 is 11.6 Å². The molecule has 1 N–H and O–H groups in total. The summed E-state index contributed by atoms with van der Waals surface area (Å²) in [5.41, 5.74) is 0.566. The maximum atomic E-state index is 12.7. The van der Waals surface area contributed by atoms with Crippen molar-refractivity contribution in [2.24, 2.45) is 0 Å². The second-order valence-electron chi connectivity index (χ2n) is 8.14. The van der Waals surface area contributed by atoms with Crippen molar-refractivity contribution in [1.29, 1.82) is 0 Å². The van der Waals surface area contributed by atoms with Gasteiger partial charge in [-0.1, -0.05) is 11.6 Å². The van der Waals surface area contributed by atoms with E-state index in [1.807, 2.05) is 0 Å². The van der Waals surface area contributed by atoms with Crippen molar-refractivity contribution < 1.29 is 19.1 Å². The van der Waals surface area contributed by atoms with E-state index in [4.69, 9.17) is 16.3 Å². The standard InChI is InChI=1S/C20H26ClN3O4/c1-20(2,3)28-19(27)24-11-4-6-16(24)18(26)22-13-8-9-15(14(21)12-13)23-10-5-7-17(23)25/h8-9,12,16H,4-7,10-11H2,1-3H3,(H,22,26). The second kappa shape index (κ2) is 7.99. The largest absolute Gasteiger partial charge is 0.444 e. The molecule has 2 fully saturated rings. The highest BCUT2D eigenvalue weighted by atomic mass is 35.5. The molecular formula is C20H26ClN3O4. The molecule has 152 valence electrons. The predicted octanol–water partition coefficient (Wildman–Crippen LogP) is 3.80. The summed E-state index contributed by atoms with van der Waals surface area (Å²) in [6.45, 7) is 6.53. The molecule has 0 radical (unpaired) electrons. The van der Waals surface area contributed by atoms with Crippen LogP contribution in [0.2, 0.25) is 5.02 Å². The molecule has 28 heavy (non-hydrogen) atoms. The lowest BCUT2D eigenvalue weighted by Crippen LogP contribution is -2.45. The molecule has 1 aromatic rings. The van der Waals surface area contributed by atoms with Gasteiger partial charge in [0.2, 0.25) is 11.8 Å². The Balaban J connectivity index is 1.67. The first-order valence-corrected chi connectivity index (χ1v) is 9.94. The Labute approximate surface area is 169 Å². The molecule has 2 saturated heterocycles. The third-order valence-electron chi connectivity index (χ3n) is 4.76. The number of hydrogen-bond acceptors (Lipinski definition) is 4. The van der Waals surface area contributed by atoms with E-state index in [9.17, 15) is 14.4 Å². The van der Waals surface area contributed by atoms with E-state index in [1.54, 1.807) is 43.9 Å². The summed E-state index contributed by atoms with van der Waals surface area (Å²) < 4.78 is 5.40. The third-order valence-corrected chi connectivity index (χ3v) is 5.07. The first-order valence-electron chi connectivity index (χ1n) is 9.56. The molecule has 8 heteroatoms. The minimum atomic E-state index is -0.614. The van der Waals surface area contributed by atoms with Crippen molar-refractivity contribution in [3.63, 3.8) is 0 Å². The van der Waals surface area contributed by atoms with Crippen LogP contribution in [0, 0.1) is 0 Å². The maximum absolute atomic E-state index is 12.7. The third kappa shape index (κ3) is 4.58. The van der Waals surface area contributed by atoms with Crippen LogP contribution in [0.15, 0.2) is 18.2 Å². The number of nitrogens with one attached hydrogen (secondary N) is 1. The van der Waals surface area contributed by atoms with E-state index in [1.165, 1.54) is 4.90 Å². The monoisotopic (exact) mass is 407 g/mol. The Bertz CT molecular complexity index is 790. The maximum Gasteiger partial charge on any atom is 0.410 e. The van der Waals surface area contributed by atoms with Crippen molar-refractivity contribution in [2.75, 3.05) is 23.3 Å². The van der Waals surface area contributed by atoms with Gasteiger partial charge in [-0.3, -0.25) is 14.5 Å². The van der Waals surface area contributed by atoms with Gasteiger partial charge in [-0.05, 0) is 58.2 Å². The number of likely N-dealkylation sites (tertiary alicyclic amines) is 1. The van der Waals surface area contributed by atoms with Gasteiger partial charge in [0.05, 0.1) is 10.7 Å². The van der Waals surface area contributed by atoms with Gasteiger partial charge in [0, 0.05) is 25.2 Å². The number of benzene rings is 1. The van der Waals surface area contributed by atoms with Crippen LogP contribution in [-0.2, 0) is 14.3 Å². The summed E-state index contributed by atoms with van der Waals surface area (Å²) in [5, 5.41) is 3.23. The van der Waals surface area contributed by atoms with E-state index in [0.717, 1.165) is 12.8 Å². The smallest absolute Gasteiger partial charge is 0.410 e. The normalized spacial score (nSPS) is 19.9. The van der Waals surface area contributed by atoms with E-state index < -0.39 is 17.7 Å². The molecule has 1 aromatic carbocycles. The van der Waals surface area contributed by atoms with Crippen LogP contribution < -0.4 is 10.2 Å². The molecule has 1 atom stereocenters. The molecule has 0 saturated carbocycles. The number of ether oxygens (including phenoxy) is 1. The van der Waals surface area contributed by atoms with Crippen LogP contribution in [0.25, 0.3) is 0 Å². The van der Waals surface area contributed by atoms with Crippen LogP contribution in [0.4, 0.5) is 16.2 Å². The molecule has 3 rings (SSSR count). The van der Waals surface area contributed by atoms with E-state index in [2.05, 4.69) is 5.32 Å². The van der Waals surface area contributed by atoms with Gasteiger partial charge in [-0.25, -0.2) is 4.79 Å². The molecule has 0 aromatic heterocycles. The van der Waals surface area contributed by atoms with Gasteiger partial charge >= 0.3 is 6.09 Å². The number of hydrogen-bond donors (Lipinski definition) is 1. The minimum absolute atomic E-state index is 0.0534. The number of rotatable bonds is 3. The van der Waals surface area contributed by atoms with Gasteiger partial charge < -0.3 is 15.0 Å². The molecule has 2 heterocycles. The average molecular weight is 408 g/mol. The second-order valence-corrected chi connectivity index (χ2v) is 8.54. The summed E-state index contributed by atoms with van der Waals surface area (Å²) in [7, 11) is 0. The number of nitrogens with zero attached hydrogens (tertiary/aromatic N) is 2. The van der Waals surface area contributed by atoms with Crippen molar-refractivity contribution in [2.45, 2.75) is 58.1 Å². The van der Waals surface area contributed by atoms with Crippen LogP contribution in [0.1, 0.15) is 46.5 Å². The molecule has 2 aliphatic heterocycles. The van der Waals surface area contributed by atoms with Crippen molar-refractivity contribution in [3.05, 3.63) is 23.2 Å². The summed E-state index contributed by atoms with van der Waals surface area (Å²) in [6.07, 6.45) is 2.19. The zero-order valence-corrected chi connectivity index (χ0v) is 17.2. The Morgan fingerprint density at radius 1 is 1.21 bits per heavy atom. The molecule has 0 spiro atoms. The fourth-order valence-electron chi connectivity index (χ4n) is 3.51. The Kier molecular flexibility index (Phi) is 5.84. The minimum Gasteiger partial charge on any atom is -0.444 e. The Hall–Kier alpha value is -2.28. The molecule has 3 amide bonds. The zero-order valence-electron chi connectivity index (χ0n) is 16.5. The summed E-state index contributed by atoms with van der Waals surface area (Å²) in [6, 6.07) is 4.51. The van der Waals surface area contributed by atoms with Crippen LogP contribution in [-0.4, -0.2) is 47.5 Å². The molecule has 0 aliphatic carbocycles. The lowest BCUT2D eigenvalue weighted by atomic mass is 10.2. The van der Waals surface area contributed by atoms with Gasteiger partial charge in [0.1, 0.15) is 11.6 Å². The van der Waals surface area contributed by atoms with Crippen LogP contribution in [0.5, 0.6) is 0 Å². The highest BCUT2D eigenvalue weighted by molar-refractivity contribution is 6.34. The highest BCUT2D eigenvalue weighted by Crippen LogP contribution is 2.32. The fourth-order valence-corrected chi connectivity index (χ4v) is 3.79. The van der Waals surface area contributed by atoms with Crippen molar-refractivity contribution in [1.82, 2.24) is 4.90 Å². The van der Waals surface area contributed by atoms with E-state index >= 15 is 0 Å². The topological polar surface area (TPSA) is 79.0 Å². The quantitative estimate of drug-likeness (QED) is 0.826. The van der Waals surface area contributed by atoms with Crippen molar-refractivity contribution in [3.8, 4) is 0 Å². The van der Waals surface area contributed by atoms with E-state index in [-0.39, 0.29) is 11.8 Å². The highest BCUT2D eigenvalue weighted by Gasteiger charge is 2.36. The van der Waals surface area contributed by atoms with Gasteiger partial charge in [-0.2, -0.15) is 0 Å². The first-order chi connectivity index (χ1) is 13.2. The first kappa shape index (κ1) is 20.5. The number of anilines is 2. The van der Waals surface area contributed by atoms with Gasteiger partial charge in [0.25, 0.3) is 0 Å². The molecular weight excluding hydrogens is 382 g/mol.